The maximum absolute atomic E-state index is 13.4. The topological polar surface area (TPSA) is 119 Å². The van der Waals surface area contributed by atoms with Crippen molar-refractivity contribution in [1.82, 2.24) is 25.5 Å². The molecule has 0 spiro atoms. The Bertz CT molecular complexity index is 1720. The van der Waals surface area contributed by atoms with Crippen LogP contribution in [-0.4, -0.2) is 44.0 Å². The molecule has 1 aliphatic rings. The van der Waals surface area contributed by atoms with Gasteiger partial charge in [0.1, 0.15) is 6.61 Å². The summed E-state index contributed by atoms with van der Waals surface area (Å²) in [5.41, 5.74) is 5.50. The first kappa shape index (κ1) is 28.1. The Kier molecular flexibility index (Phi) is 8.13. The monoisotopic (exact) mass is 575 g/mol. The first-order chi connectivity index (χ1) is 21.0. The van der Waals surface area contributed by atoms with E-state index >= 15 is 0 Å². The van der Waals surface area contributed by atoms with Gasteiger partial charge in [0.05, 0.1) is 6.04 Å². The molecule has 0 radical (unpaired) electrons. The van der Waals surface area contributed by atoms with Crippen molar-refractivity contribution in [3.63, 3.8) is 0 Å². The van der Waals surface area contributed by atoms with Crippen LogP contribution in [-0.2, 0) is 16.0 Å². The molecule has 9 nitrogen and oxygen atoms in total. The summed E-state index contributed by atoms with van der Waals surface area (Å²) in [6.07, 6.45) is 1.62. The SMILES string of the molecule is CCCCC(C(=O)O)n1nnnc1C(Cc1cccc2ccccc12)NC(=O)OCC1c2ccccc2-c2ccccc21. The molecule has 4 aromatic carbocycles. The van der Waals surface area contributed by atoms with Crippen LogP contribution in [0.1, 0.15) is 66.7 Å². The summed E-state index contributed by atoms with van der Waals surface area (Å²) in [7, 11) is 0. The normalized spacial score (nSPS) is 13.7. The zero-order valence-electron chi connectivity index (χ0n) is 23.9. The van der Waals surface area contributed by atoms with Crippen LogP contribution < -0.4 is 5.32 Å². The molecule has 1 heterocycles. The number of fused-ring (bicyclic) bond motifs is 4. The molecule has 9 heteroatoms. The molecule has 5 aromatic rings. The number of ether oxygens (including phenoxy) is 1. The Labute approximate surface area is 249 Å². The van der Waals surface area contributed by atoms with Gasteiger partial charge in [-0.15, -0.1) is 5.10 Å². The summed E-state index contributed by atoms with van der Waals surface area (Å²) in [5.74, 6) is -0.845. The van der Waals surface area contributed by atoms with Crippen molar-refractivity contribution in [1.29, 1.82) is 0 Å². The molecule has 2 unspecified atom stereocenters. The number of nitrogens with zero attached hydrogens (tertiary/aromatic N) is 4. The Morgan fingerprint density at radius 2 is 1.60 bits per heavy atom. The van der Waals surface area contributed by atoms with Crippen molar-refractivity contribution in [2.75, 3.05) is 6.61 Å². The molecule has 0 aliphatic heterocycles. The number of carboxylic acids is 1. The molecular weight excluding hydrogens is 542 g/mol. The molecule has 1 aliphatic carbocycles. The predicted molar refractivity (Wildman–Crippen MR) is 163 cm³/mol. The van der Waals surface area contributed by atoms with Crippen LogP contribution in [0.4, 0.5) is 4.79 Å². The van der Waals surface area contributed by atoms with Gasteiger partial charge in [0, 0.05) is 12.3 Å². The van der Waals surface area contributed by atoms with Crippen LogP contribution in [0, 0.1) is 0 Å². The Balaban J connectivity index is 1.28. The lowest BCUT2D eigenvalue weighted by molar-refractivity contribution is -0.141. The van der Waals surface area contributed by atoms with E-state index in [4.69, 9.17) is 4.74 Å². The predicted octanol–water partition coefficient (Wildman–Crippen LogP) is 6.46. The third-order valence-electron chi connectivity index (χ3n) is 8.18. The standard InChI is InChI=1S/C34H33N5O4/c1-2-3-19-31(33(40)41)39-32(36-37-38-39)30(20-23-13-10-12-22-11-4-5-14-24(22)23)35-34(42)43-21-29-27-17-8-6-15-25(27)26-16-7-9-18-28(26)29/h4-18,29-31H,2-3,19-21H2,1H3,(H,35,42)(H,40,41). The third kappa shape index (κ3) is 5.70. The quantitative estimate of drug-likeness (QED) is 0.185. The molecule has 2 N–H and O–H groups in total. The van der Waals surface area contributed by atoms with Gasteiger partial charge in [-0.1, -0.05) is 111 Å². The minimum absolute atomic E-state index is 0.0922. The number of carbonyl (C=O) groups excluding carboxylic acids is 1. The lowest BCUT2D eigenvalue weighted by Crippen LogP contribution is -2.35. The number of rotatable bonds is 11. The van der Waals surface area contributed by atoms with Crippen molar-refractivity contribution >= 4 is 22.8 Å². The molecular formula is C34H33N5O4. The second-order valence-corrected chi connectivity index (χ2v) is 10.8. The van der Waals surface area contributed by atoms with E-state index in [-0.39, 0.29) is 18.3 Å². The van der Waals surface area contributed by atoms with Crippen molar-refractivity contribution in [3.05, 3.63) is 114 Å². The largest absolute Gasteiger partial charge is 0.480 e. The van der Waals surface area contributed by atoms with Gasteiger partial charge < -0.3 is 15.2 Å². The highest BCUT2D eigenvalue weighted by Gasteiger charge is 2.32. The number of amides is 1. The zero-order valence-corrected chi connectivity index (χ0v) is 23.9. The van der Waals surface area contributed by atoms with Gasteiger partial charge in [-0.25, -0.2) is 14.3 Å². The first-order valence-corrected chi connectivity index (χ1v) is 14.6. The number of carbonyl (C=O) groups is 2. The summed E-state index contributed by atoms with van der Waals surface area (Å²) < 4.78 is 7.19. The van der Waals surface area contributed by atoms with Crippen LogP contribution in [0.25, 0.3) is 21.9 Å². The van der Waals surface area contributed by atoms with Gasteiger partial charge in [0.15, 0.2) is 11.9 Å². The van der Waals surface area contributed by atoms with E-state index in [9.17, 15) is 14.7 Å². The Hall–Kier alpha value is -5.05. The number of alkyl carbamates (subject to hydrolysis) is 1. The van der Waals surface area contributed by atoms with Crippen LogP contribution in [0.15, 0.2) is 91.0 Å². The summed E-state index contributed by atoms with van der Waals surface area (Å²) in [6, 6.07) is 28.6. The highest BCUT2D eigenvalue weighted by molar-refractivity contribution is 5.86. The minimum atomic E-state index is -1.02. The van der Waals surface area contributed by atoms with Gasteiger partial charge in [0.2, 0.25) is 0 Å². The average Bonchev–Trinajstić information content (AvgIpc) is 3.63. The number of unbranched alkanes of at least 4 members (excludes halogenated alkanes) is 1. The van der Waals surface area contributed by atoms with Crippen molar-refractivity contribution in [2.24, 2.45) is 0 Å². The molecule has 0 bridgehead atoms. The van der Waals surface area contributed by atoms with E-state index in [0.717, 1.165) is 45.0 Å². The number of hydrogen-bond acceptors (Lipinski definition) is 6. The van der Waals surface area contributed by atoms with Crippen LogP contribution in [0.2, 0.25) is 0 Å². The molecule has 2 atom stereocenters. The van der Waals surface area contributed by atoms with Crippen LogP contribution in [0.3, 0.4) is 0 Å². The summed E-state index contributed by atoms with van der Waals surface area (Å²) >= 11 is 0. The minimum Gasteiger partial charge on any atom is -0.480 e. The van der Waals surface area contributed by atoms with E-state index < -0.39 is 24.1 Å². The summed E-state index contributed by atoms with van der Waals surface area (Å²) in [6.45, 7) is 2.15. The molecule has 43 heavy (non-hydrogen) atoms. The number of tetrazole rings is 1. The van der Waals surface area contributed by atoms with Gasteiger partial charge in [-0.2, -0.15) is 0 Å². The second kappa shape index (κ2) is 12.4. The fraction of sp³-hybridized carbons (Fsp3) is 0.265. The fourth-order valence-corrected chi connectivity index (χ4v) is 6.08. The molecule has 0 saturated carbocycles. The van der Waals surface area contributed by atoms with Gasteiger partial charge >= 0.3 is 12.1 Å². The van der Waals surface area contributed by atoms with E-state index in [1.165, 1.54) is 4.68 Å². The summed E-state index contributed by atoms with van der Waals surface area (Å²) in [4.78, 5) is 25.7. The zero-order chi connectivity index (χ0) is 29.8. The number of aromatic nitrogens is 4. The Morgan fingerprint density at radius 1 is 0.930 bits per heavy atom. The smallest absolute Gasteiger partial charge is 0.407 e. The summed E-state index contributed by atoms with van der Waals surface area (Å²) in [5, 5.41) is 27.2. The van der Waals surface area contributed by atoms with Crippen molar-refractivity contribution in [2.45, 2.75) is 50.6 Å². The van der Waals surface area contributed by atoms with E-state index in [0.29, 0.717) is 19.3 Å². The molecule has 6 rings (SSSR count). The fourth-order valence-electron chi connectivity index (χ4n) is 6.08. The lowest BCUT2D eigenvalue weighted by Gasteiger charge is -2.22. The molecule has 0 fully saturated rings. The van der Waals surface area contributed by atoms with E-state index in [1.807, 2.05) is 73.7 Å². The number of aliphatic carboxylic acids is 1. The van der Waals surface area contributed by atoms with E-state index in [2.05, 4.69) is 45.1 Å². The van der Waals surface area contributed by atoms with Gasteiger partial charge in [-0.3, -0.25) is 0 Å². The lowest BCUT2D eigenvalue weighted by atomic mass is 9.98. The maximum Gasteiger partial charge on any atom is 0.407 e. The van der Waals surface area contributed by atoms with Gasteiger partial charge in [0.25, 0.3) is 0 Å². The molecule has 0 saturated heterocycles. The van der Waals surface area contributed by atoms with Crippen molar-refractivity contribution in [3.8, 4) is 11.1 Å². The van der Waals surface area contributed by atoms with Crippen LogP contribution >= 0.6 is 0 Å². The number of carboxylic acid groups (broad SMARTS) is 1. The maximum atomic E-state index is 13.4. The molecule has 218 valence electrons. The van der Waals surface area contributed by atoms with Crippen LogP contribution in [0.5, 0.6) is 0 Å². The third-order valence-corrected chi connectivity index (χ3v) is 8.18. The molecule has 1 amide bonds. The number of nitrogens with one attached hydrogen (secondary N) is 1. The number of benzene rings is 4. The van der Waals surface area contributed by atoms with E-state index in [1.54, 1.807) is 0 Å². The first-order valence-electron chi connectivity index (χ1n) is 14.6. The molecule has 1 aromatic heterocycles. The second-order valence-electron chi connectivity index (χ2n) is 10.8. The number of hydrogen-bond donors (Lipinski definition) is 2. The highest BCUT2D eigenvalue weighted by atomic mass is 16.5. The average molecular weight is 576 g/mol. The van der Waals surface area contributed by atoms with Crippen molar-refractivity contribution < 1.29 is 19.4 Å². The Morgan fingerprint density at radius 3 is 2.33 bits per heavy atom. The van der Waals surface area contributed by atoms with Gasteiger partial charge in [-0.05, 0) is 55.4 Å². The highest BCUT2D eigenvalue weighted by Crippen LogP contribution is 2.44.